The Morgan fingerprint density at radius 3 is 2.45 bits per heavy atom. The molecule has 0 bridgehead atoms. The van der Waals surface area contributed by atoms with Crippen LogP contribution >= 0.6 is 0 Å². The van der Waals surface area contributed by atoms with Crippen LogP contribution in [0.5, 0.6) is 11.5 Å². The molecule has 0 saturated heterocycles. The minimum Gasteiger partial charge on any atom is -0.497 e. The molecule has 0 radical (unpaired) electrons. The van der Waals surface area contributed by atoms with Crippen molar-refractivity contribution in [2.75, 3.05) is 13.7 Å². The van der Waals surface area contributed by atoms with Gasteiger partial charge in [0, 0.05) is 17.3 Å². The normalized spacial score (nSPS) is 11.5. The molecule has 0 atom stereocenters. The second-order valence-corrected chi connectivity index (χ2v) is 8.10. The van der Waals surface area contributed by atoms with E-state index in [0.29, 0.717) is 6.61 Å². The van der Waals surface area contributed by atoms with Crippen molar-refractivity contribution in [2.45, 2.75) is 13.0 Å². The van der Waals surface area contributed by atoms with Gasteiger partial charge in [-0.1, -0.05) is 48.5 Å². The van der Waals surface area contributed by atoms with Crippen LogP contribution in [0.1, 0.15) is 6.42 Å². The molecule has 0 N–H and O–H groups in total. The number of nitrogens with zero attached hydrogens (tertiary/aromatic N) is 3. The maximum Gasteiger partial charge on any atom is 0.160 e. The van der Waals surface area contributed by atoms with Gasteiger partial charge in [-0.2, -0.15) is 0 Å². The number of hydrogen-bond acceptors (Lipinski definition) is 4. The third-order valence-corrected chi connectivity index (χ3v) is 6.09. The van der Waals surface area contributed by atoms with Gasteiger partial charge in [0.2, 0.25) is 0 Å². The van der Waals surface area contributed by atoms with Crippen molar-refractivity contribution >= 4 is 43.9 Å². The standard InChI is InChI=1S/C28H23N3O2/c1-32-20-14-15-25-22(18-20)27-28(30-24-12-5-4-11-23(24)29-27)31(25)16-7-17-33-26-13-6-9-19-8-2-3-10-21(19)26/h2-6,8-15,18H,7,16-17H2,1H3. The Kier molecular flexibility index (Phi) is 4.80. The first kappa shape index (κ1) is 19.6. The van der Waals surface area contributed by atoms with Crippen LogP contribution in [0, 0.1) is 0 Å². The lowest BCUT2D eigenvalue weighted by Gasteiger charge is -2.11. The summed E-state index contributed by atoms with van der Waals surface area (Å²) < 4.78 is 13.9. The number of para-hydroxylation sites is 2. The predicted octanol–water partition coefficient (Wildman–Crippen LogP) is 6.37. The van der Waals surface area contributed by atoms with E-state index >= 15 is 0 Å². The zero-order valence-corrected chi connectivity index (χ0v) is 18.4. The molecule has 6 rings (SSSR count). The zero-order chi connectivity index (χ0) is 22.2. The summed E-state index contributed by atoms with van der Waals surface area (Å²) in [6, 6.07) is 28.6. The highest BCUT2D eigenvalue weighted by Gasteiger charge is 2.15. The topological polar surface area (TPSA) is 49.2 Å². The van der Waals surface area contributed by atoms with Crippen molar-refractivity contribution in [1.82, 2.24) is 14.5 Å². The first-order chi connectivity index (χ1) is 16.3. The van der Waals surface area contributed by atoms with Gasteiger partial charge in [-0.25, -0.2) is 9.97 Å². The Morgan fingerprint density at radius 1 is 0.788 bits per heavy atom. The lowest BCUT2D eigenvalue weighted by Crippen LogP contribution is -2.05. The second kappa shape index (κ2) is 8.10. The van der Waals surface area contributed by atoms with E-state index in [-0.39, 0.29) is 0 Å². The summed E-state index contributed by atoms with van der Waals surface area (Å²) in [5, 5.41) is 3.38. The third-order valence-electron chi connectivity index (χ3n) is 6.09. The molecule has 0 spiro atoms. The number of aryl methyl sites for hydroxylation is 1. The highest BCUT2D eigenvalue weighted by Crippen LogP contribution is 2.31. The molecule has 2 heterocycles. The first-order valence-corrected chi connectivity index (χ1v) is 11.1. The van der Waals surface area contributed by atoms with Crippen molar-refractivity contribution in [3.63, 3.8) is 0 Å². The molecule has 0 saturated carbocycles. The largest absolute Gasteiger partial charge is 0.497 e. The van der Waals surface area contributed by atoms with Gasteiger partial charge in [0.1, 0.15) is 17.0 Å². The summed E-state index contributed by atoms with van der Waals surface area (Å²) in [6.45, 7) is 1.40. The molecular weight excluding hydrogens is 410 g/mol. The van der Waals surface area contributed by atoms with Crippen molar-refractivity contribution < 1.29 is 9.47 Å². The SMILES string of the molecule is COc1ccc2c(c1)c1nc3ccccc3nc1n2CCCOc1cccc2ccccc12. The Balaban J connectivity index is 1.34. The minimum absolute atomic E-state index is 0.617. The van der Waals surface area contributed by atoms with Gasteiger partial charge in [0.25, 0.3) is 0 Å². The summed E-state index contributed by atoms with van der Waals surface area (Å²) in [5.41, 5.74) is 4.69. The number of ether oxygens (including phenoxy) is 2. The highest BCUT2D eigenvalue weighted by molar-refractivity contribution is 6.07. The summed E-state index contributed by atoms with van der Waals surface area (Å²) in [5.74, 6) is 1.74. The Labute approximate surface area is 191 Å². The van der Waals surface area contributed by atoms with Crippen molar-refractivity contribution in [1.29, 1.82) is 0 Å². The van der Waals surface area contributed by atoms with Crippen LogP contribution in [0.3, 0.4) is 0 Å². The molecule has 162 valence electrons. The minimum atomic E-state index is 0.617. The highest BCUT2D eigenvalue weighted by atomic mass is 16.5. The maximum absolute atomic E-state index is 6.18. The number of benzene rings is 4. The molecule has 0 unspecified atom stereocenters. The number of aromatic nitrogens is 3. The van der Waals surface area contributed by atoms with Crippen LogP contribution < -0.4 is 9.47 Å². The van der Waals surface area contributed by atoms with E-state index in [1.54, 1.807) is 7.11 Å². The van der Waals surface area contributed by atoms with Crippen LogP contribution in [0.4, 0.5) is 0 Å². The average molecular weight is 434 g/mol. The number of methoxy groups -OCH3 is 1. The van der Waals surface area contributed by atoms with Gasteiger partial charge in [0.05, 0.1) is 30.3 Å². The smallest absolute Gasteiger partial charge is 0.160 e. The Bertz CT molecular complexity index is 1620. The summed E-state index contributed by atoms with van der Waals surface area (Å²) in [7, 11) is 1.69. The molecule has 2 aromatic heterocycles. The van der Waals surface area contributed by atoms with Gasteiger partial charge < -0.3 is 14.0 Å². The number of fused-ring (bicyclic) bond motifs is 5. The fourth-order valence-corrected chi connectivity index (χ4v) is 4.49. The van der Waals surface area contributed by atoms with E-state index in [0.717, 1.165) is 63.0 Å². The number of rotatable bonds is 6. The fraction of sp³-hybridized carbons (Fsp3) is 0.143. The molecule has 4 aromatic carbocycles. The summed E-state index contributed by atoms with van der Waals surface area (Å²) in [6.07, 6.45) is 0.850. The van der Waals surface area contributed by atoms with Gasteiger partial charge in [-0.05, 0) is 48.2 Å². The molecule has 0 fully saturated rings. The zero-order valence-electron chi connectivity index (χ0n) is 18.4. The Hall–Kier alpha value is -4.12. The molecule has 33 heavy (non-hydrogen) atoms. The van der Waals surface area contributed by atoms with E-state index < -0.39 is 0 Å². The lowest BCUT2D eigenvalue weighted by molar-refractivity contribution is 0.307. The molecule has 6 aromatic rings. The molecule has 5 heteroatoms. The molecule has 0 aliphatic carbocycles. The molecule has 0 amide bonds. The Morgan fingerprint density at radius 2 is 1.58 bits per heavy atom. The van der Waals surface area contributed by atoms with Gasteiger partial charge in [0.15, 0.2) is 5.65 Å². The van der Waals surface area contributed by atoms with Gasteiger partial charge in [-0.3, -0.25) is 0 Å². The quantitative estimate of drug-likeness (QED) is 0.286. The molecular formula is C28H23N3O2. The van der Waals surface area contributed by atoms with E-state index in [1.807, 2.05) is 60.7 Å². The van der Waals surface area contributed by atoms with Crippen molar-refractivity contribution in [3.05, 3.63) is 84.9 Å². The third kappa shape index (κ3) is 3.42. The molecule has 0 aliphatic heterocycles. The lowest BCUT2D eigenvalue weighted by atomic mass is 10.1. The van der Waals surface area contributed by atoms with Crippen molar-refractivity contribution in [2.24, 2.45) is 0 Å². The van der Waals surface area contributed by atoms with Crippen LogP contribution in [0.2, 0.25) is 0 Å². The van der Waals surface area contributed by atoms with E-state index in [1.165, 1.54) is 5.39 Å². The van der Waals surface area contributed by atoms with Crippen LogP contribution in [0.25, 0.3) is 43.9 Å². The maximum atomic E-state index is 6.18. The molecule has 0 aliphatic rings. The van der Waals surface area contributed by atoms with Crippen molar-refractivity contribution in [3.8, 4) is 11.5 Å². The summed E-state index contributed by atoms with van der Waals surface area (Å²) in [4.78, 5) is 9.91. The monoisotopic (exact) mass is 433 g/mol. The first-order valence-electron chi connectivity index (χ1n) is 11.1. The average Bonchev–Trinajstić information content (AvgIpc) is 3.17. The van der Waals surface area contributed by atoms with Crippen LogP contribution in [-0.2, 0) is 6.54 Å². The second-order valence-electron chi connectivity index (χ2n) is 8.10. The van der Waals surface area contributed by atoms with Crippen LogP contribution in [-0.4, -0.2) is 28.3 Å². The predicted molar refractivity (Wildman–Crippen MR) is 133 cm³/mol. The van der Waals surface area contributed by atoms with Gasteiger partial charge in [-0.15, -0.1) is 0 Å². The van der Waals surface area contributed by atoms with E-state index in [4.69, 9.17) is 19.4 Å². The van der Waals surface area contributed by atoms with E-state index in [2.05, 4.69) is 28.8 Å². The summed E-state index contributed by atoms with van der Waals surface area (Å²) >= 11 is 0. The van der Waals surface area contributed by atoms with Gasteiger partial charge >= 0.3 is 0 Å². The van der Waals surface area contributed by atoms with Crippen LogP contribution in [0.15, 0.2) is 84.9 Å². The fourth-order valence-electron chi connectivity index (χ4n) is 4.49. The number of hydrogen-bond donors (Lipinski definition) is 0. The van der Waals surface area contributed by atoms with E-state index in [9.17, 15) is 0 Å². The molecule has 5 nitrogen and oxygen atoms in total.